The maximum Gasteiger partial charge on any atom is 0.250 e. The summed E-state index contributed by atoms with van der Waals surface area (Å²) >= 11 is 0. The van der Waals surface area contributed by atoms with Gasteiger partial charge in [0.2, 0.25) is 0 Å². The highest BCUT2D eigenvalue weighted by Gasteiger charge is 2.29. The number of hydrogen-bond acceptors (Lipinski definition) is 4. The van der Waals surface area contributed by atoms with Gasteiger partial charge in [0, 0.05) is 36.5 Å². The molecule has 0 saturated carbocycles. The summed E-state index contributed by atoms with van der Waals surface area (Å²) in [6.07, 6.45) is 4.36. The first-order valence-electron chi connectivity index (χ1n) is 8.01. The minimum atomic E-state index is -0.488. The number of allylic oxidation sites excluding steroid dienone is 1. The van der Waals surface area contributed by atoms with Gasteiger partial charge in [0.1, 0.15) is 0 Å². The third-order valence-corrected chi connectivity index (χ3v) is 4.80. The number of aromatic amines is 1. The lowest BCUT2D eigenvalue weighted by Crippen LogP contribution is -2.24. The molecule has 0 bridgehead atoms. The molecule has 1 saturated heterocycles. The minimum absolute atomic E-state index is 0.00867. The number of H-pyrrole nitrogens is 1. The van der Waals surface area contributed by atoms with E-state index >= 15 is 0 Å². The Morgan fingerprint density at radius 2 is 2.17 bits per heavy atom. The molecule has 0 aliphatic carbocycles. The molecule has 1 amide bonds. The maximum atomic E-state index is 12.1. The number of hydrogen-bond donors (Lipinski definition) is 3. The second-order valence-electron chi connectivity index (χ2n) is 6.27. The first-order chi connectivity index (χ1) is 11.5. The van der Waals surface area contributed by atoms with Gasteiger partial charge in [0.25, 0.3) is 5.91 Å². The first kappa shape index (κ1) is 16.4. The van der Waals surface area contributed by atoms with Crippen LogP contribution >= 0.6 is 0 Å². The number of ketones is 1. The van der Waals surface area contributed by atoms with Gasteiger partial charge in [-0.2, -0.15) is 5.06 Å². The van der Waals surface area contributed by atoms with Gasteiger partial charge in [-0.15, -0.1) is 0 Å². The van der Waals surface area contributed by atoms with Crippen LogP contribution in [0.25, 0.3) is 10.9 Å². The smallest absolute Gasteiger partial charge is 0.250 e. The van der Waals surface area contributed by atoms with Crippen LogP contribution in [0.4, 0.5) is 0 Å². The molecule has 2 heterocycles. The molecular weight excluding hydrogens is 306 g/mol. The Morgan fingerprint density at radius 1 is 1.38 bits per heavy atom. The largest absolute Gasteiger partial charge is 0.366 e. The Labute approximate surface area is 139 Å². The summed E-state index contributed by atoms with van der Waals surface area (Å²) in [6.45, 7) is 4.47. The molecule has 0 unspecified atom stereocenters. The fourth-order valence-corrected chi connectivity index (χ4v) is 3.58. The van der Waals surface area contributed by atoms with Crippen molar-refractivity contribution in [1.29, 1.82) is 0 Å². The van der Waals surface area contributed by atoms with E-state index in [0.29, 0.717) is 37.0 Å². The predicted octanol–water partition coefficient (Wildman–Crippen LogP) is 2.21. The Morgan fingerprint density at radius 3 is 2.88 bits per heavy atom. The van der Waals surface area contributed by atoms with Gasteiger partial charge >= 0.3 is 0 Å². The van der Waals surface area contributed by atoms with Crippen LogP contribution < -0.4 is 5.73 Å². The van der Waals surface area contributed by atoms with Gasteiger partial charge in [-0.3, -0.25) is 9.59 Å². The van der Waals surface area contributed by atoms with Gasteiger partial charge in [0.05, 0.1) is 11.1 Å². The maximum absolute atomic E-state index is 12.1. The van der Waals surface area contributed by atoms with Crippen molar-refractivity contribution < 1.29 is 14.8 Å². The van der Waals surface area contributed by atoms with E-state index in [1.807, 2.05) is 12.1 Å². The number of nitrogens with one attached hydrogen (secondary N) is 1. The summed E-state index contributed by atoms with van der Waals surface area (Å²) in [7, 11) is 0. The van der Waals surface area contributed by atoms with E-state index < -0.39 is 5.91 Å². The lowest BCUT2D eigenvalue weighted by atomic mass is 9.84. The van der Waals surface area contributed by atoms with E-state index in [-0.39, 0.29) is 17.6 Å². The topological polar surface area (TPSA) is 99.4 Å². The van der Waals surface area contributed by atoms with Crippen LogP contribution in [0.5, 0.6) is 0 Å². The van der Waals surface area contributed by atoms with Crippen LogP contribution in [0.15, 0.2) is 37.1 Å². The van der Waals surface area contributed by atoms with Crippen molar-refractivity contribution >= 4 is 22.6 Å². The van der Waals surface area contributed by atoms with E-state index in [2.05, 4.69) is 11.6 Å². The highest BCUT2D eigenvalue weighted by molar-refractivity contribution is 6.05. The van der Waals surface area contributed by atoms with Crippen molar-refractivity contribution in [1.82, 2.24) is 10.0 Å². The zero-order chi connectivity index (χ0) is 17.3. The number of aromatic nitrogens is 1. The average Bonchev–Trinajstić information content (AvgIpc) is 2.97. The fraction of sp³-hybridized carbons (Fsp3) is 0.333. The average molecular weight is 327 g/mol. The third kappa shape index (κ3) is 2.98. The molecule has 0 radical (unpaired) electrons. The monoisotopic (exact) mass is 327 g/mol. The summed E-state index contributed by atoms with van der Waals surface area (Å²) < 4.78 is 0. The number of nitrogens with two attached hydrogens (primary N) is 1. The van der Waals surface area contributed by atoms with Crippen LogP contribution in [-0.2, 0) is 4.79 Å². The molecule has 2 aromatic rings. The zero-order valence-electron chi connectivity index (χ0n) is 13.4. The number of carbonyl (C=O) groups is 2. The van der Waals surface area contributed by atoms with Gasteiger partial charge in [0.15, 0.2) is 5.78 Å². The van der Waals surface area contributed by atoms with Crippen molar-refractivity contribution in [2.75, 3.05) is 13.1 Å². The zero-order valence-corrected chi connectivity index (χ0v) is 13.4. The van der Waals surface area contributed by atoms with Crippen molar-refractivity contribution in [2.45, 2.75) is 18.8 Å². The van der Waals surface area contributed by atoms with Gasteiger partial charge < -0.3 is 15.9 Å². The van der Waals surface area contributed by atoms with Crippen molar-refractivity contribution in [2.24, 2.45) is 11.7 Å². The summed E-state index contributed by atoms with van der Waals surface area (Å²) in [5.74, 6) is -0.659. The molecule has 1 fully saturated rings. The van der Waals surface area contributed by atoms with E-state index in [1.54, 1.807) is 12.3 Å². The molecule has 4 N–H and O–H groups in total. The number of carbonyl (C=O) groups excluding carboxylic acids is 2. The standard InChI is InChI=1S/C18H21N3O3/c1-2-16(22)11-6-8-21(24)10-12(9-11)13-3-4-15(18(19)23)17-14(13)5-7-20-17/h2-5,7,11-12,20,24H,1,6,8-10H2,(H2,19,23)/t11-,12-/m1/s1. The van der Waals surface area contributed by atoms with Crippen molar-refractivity contribution in [3.05, 3.63) is 48.2 Å². The summed E-state index contributed by atoms with van der Waals surface area (Å²) in [4.78, 5) is 26.7. The number of benzene rings is 1. The van der Waals surface area contributed by atoms with Crippen LogP contribution in [-0.4, -0.2) is 40.0 Å². The molecule has 126 valence electrons. The van der Waals surface area contributed by atoms with E-state index in [4.69, 9.17) is 5.73 Å². The molecular formula is C18H21N3O3. The molecule has 1 aromatic carbocycles. The van der Waals surface area contributed by atoms with Gasteiger partial charge in [-0.25, -0.2) is 0 Å². The highest BCUT2D eigenvalue weighted by atomic mass is 16.5. The van der Waals surface area contributed by atoms with E-state index in [1.165, 1.54) is 11.1 Å². The van der Waals surface area contributed by atoms with Crippen LogP contribution in [0, 0.1) is 5.92 Å². The van der Waals surface area contributed by atoms with Gasteiger partial charge in [-0.1, -0.05) is 12.6 Å². The lowest BCUT2D eigenvalue weighted by Gasteiger charge is -2.21. The molecule has 24 heavy (non-hydrogen) atoms. The fourth-order valence-electron chi connectivity index (χ4n) is 3.58. The molecule has 1 aliphatic rings. The number of amides is 1. The van der Waals surface area contributed by atoms with Crippen LogP contribution in [0.3, 0.4) is 0 Å². The van der Waals surface area contributed by atoms with Crippen LogP contribution in [0.1, 0.15) is 34.7 Å². The van der Waals surface area contributed by atoms with E-state index in [9.17, 15) is 14.8 Å². The quantitative estimate of drug-likeness (QED) is 0.750. The molecule has 1 aromatic heterocycles. The van der Waals surface area contributed by atoms with Gasteiger partial charge in [-0.05, 0) is 36.6 Å². The molecule has 0 spiro atoms. The molecule has 2 atom stereocenters. The lowest BCUT2D eigenvalue weighted by molar-refractivity contribution is -0.119. The Kier molecular flexibility index (Phi) is 4.51. The predicted molar refractivity (Wildman–Crippen MR) is 90.8 cm³/mol. The normalized spacial score (nSPS) is 22.2. The SMILES string of the molecule is C=CC(=O)[C@@H]1CCN(O)C[C@H](c2ccc(C(N)=O)c3[nH]ccc23)C1. The summed E-state index contributed by atoms with van der Waals surface area (Å²) in [5, 5.41) is 12.2. The number of primary amides is 1. The Balaban J connectivity index is 2.03. The van der Waals surface area contributed by atoms with Crippen molar-refractivity contribution in [3.8, 4) is 0 Å². The minimum Gasteiger partial charge on any atom is -0.366 e. The molecule has 6 heteroatoms. The number of nitrogens with zero attached hydrogens (tertiary/aromatic N) is 1. The molecule has 1 aliphatic heterocycles. The van der Waals surface area contributed by atoms with Crippen LogP contribution in [0.2, 0.25) is 0 Å². The number of rotatable bonds is 4. The Hall–Kier alpha value is -2.44. The molecule has 3 rings (SSSR count). The first-order valence-corrected chi connectivity index (χ1v) is 8.01. The Bertz CT molecular complexity index is 796. The second kappa shape index (κ2) is 6.59. The number of fused-ring (bicyclic) bond motifs is 1. The molecule has 6 nitrogen and oxygen atoms in total. The number of hydroxylamine groups is 2. The third-order valence-electron chi connectivity index (χ3n) is 4.80. The summed E-state index contributed by atoms with van der Waals surface area (Å²) in [5.41, 5.74) is 7.56. The second-order valence-corrected chi connectivity index (χ2v) is 6.27. The highest BCUT2D eigenvalue weighted by Crippen LogP contribution is 2.35. The van der Waals surface area contributed by atoms with E-state index in [0.717, 1.165) is 10.9 Å². The van der Waals surface area contributed by atoms with Crippen molar-refractivity contribution in [3.63, 3.8) is 0 Å². The summed E-state index contributed by atoms with van der Waals surface area (Å²) in [6, 6.07) is 5.47.